The number of halogens is 1. The van der Waals surface area contributed by atoms with E-state index in [2.05, 4.69) is 17.2 Å². The second kappa shape index (κ2) is 7.21. The van der Waals surface area contributed by atoms with Crippen LogP contribution >= 0.6 is 0 Å². The number of aliphatic hydroxyl groups excluding tert-OH is 1. The Morgan fingerprint density at radius 2 is 2.33 bits per heavy atom. The van der Waals surface area contributed by atoms with Crippen LogP contribution in [0.2, 0.25) is 0 Å². The number of hydrogen-bond acceptors (Lipinski definition) is 3. The Hall–Kier alpha value is -1.90. The second-order valence-corrected chi connectivity index (χ2v) is 4.97. The van der Waals surface area contributed by atoms with Gasteiger partial charge in [0.15, 0.2) is 0 Å². The van der Waals surface area contributed by atoms with E-state index in [1.54, 1.807) is 6.07 Å². The zero-order chi connectivity index (χ0) is 15.2. The van der Waals surface area contributed by atoms with Gasteiger partial charge in [0, 0.05) is 12.1 Å². The van der Waals surface area contributed by atoms with Crippen LogP contribution in [0, 0.1) is 17.7 Å². The summed E-state index contributed by atoms with van der Waals surface area (Å²) in [6.45, 7) is 1.87. The Balaban J connectivity index is 2.00. The van der Waals surface area contributed by atoms with Gasteiger partial charge in [-0.1, -0.05) is 11.8 Å². The van der Waals surface area contributed by atoms with Gasteiger partial charge in [-0.25, -0.2) is 4.39 Å². The maximum Gasteiger partial charge on any atom is 0.253 e. The van der Waals surface area contributed by atoms with Crippen LogP contribution < -0.4 is 5.32 Å². The van der Waals surface area contributed by atoms with Crippen LogP contribution in [0.3, 0.4) is 0 Å². The third kappa shape index (κ3) is 4.28. The summed E-state index contributed by atoms with van der Waals surface area (Å²) in [5, 5.41) is 11.3. The van der Waals surface area contributed by atoms with Crippen molar-refractivity contribution in [3.8, 4) is 11.8 Å². The maximum atomic E-state index is 13.8. The van der Waals surface area contributed by atoms with Crippen molar-refractivity contribution in [1.82, 2.24) is 0 Å². The molecule has 2 unspecified atom stereocenters. The van der Waals surface area contributed by atoms with E-state index in [9.17, 15) is 9.18 Å². The molecule has 0 radical (unpaired) electrons. The van der Waals surface area contributed by atoms with Gasteiger partial charge < -0.3 is 15.2 Å². The summed E-state index contributed by atoms with van der Waals surface area (Å²) in [5.41, 5.74) is 0.626. The molecule has 21 heavy (non-hydrogen) atoms. The monoisotopic (exact) mass is 291 g/mol. The smallest absolute Gasteiger partial charge is 0.253 e. The average molecular weight is 291 g/mol. The summed E-state index contributed by atoms with van der Waals surface area (Å²) >= 11 is 0. The molecule has 2 rings (SSSR count). The van der Waals surface area contributed by atoms with Crippen LogP contribution in [0.15, 0.2) is 18.2 Å². The molecule has 1 heterocycles. The van der Waals surface area contributed by atoms with Gasteiger partial charge >= 0.3 is 0 Å². The van der Waals surface area contributed by atoms with Gasteiger partial charge in [0.25, 0.3) is 5.91 Å². The molecular weight excluding hydrogens is 273 g/mol. The Labute approximate surface area is 123 Å². The Bertz CT molecular complexity index is 577. The lowest BCUT2D eigenvalue weighted by Gasteiger charge is -2.12. The van der Waals surface area contributed by atoms with E-state index in [1.807, 2.05) is 6.92 Å². The first-order valence-corrected chi connectivity index (χ1v) is 6.95. The average Bonchev–Trinajstić information content (AvgIpc) is 2.88. The van der Waals surface area contributed by atoms with Crippen molar-refractivity contribution < 1.29 is 19.0 Å². The van der Waals surface area contributed by atoms with E-state index in [-0.39, 0.29) is 24.2 Å². The molecule has 1 aliphatic heterocycles. The van der Waals surface area contributed by atoms with Crippen LogP contribution in [0.4, 0.5) is 10.1 Å². The molecule has 5 heteroatoms. The highest BCUT2D eigenvalue weighted by Gasteiger charge is 2.28. The van der Waals surface area contributed by atoms with E-state index in [0.29, 0.717) is 18.5 Å². The first-order chi connectivity index (χ1) is 10.1. The summed E-state index contributed by atoms with van der Waals surface area (Å²) < 4.78 is 19.3. The number of ether oxygens (including phenoxy) is 1. The minimum Gasteiger partial charge on any atom is -0.395 e. The van der Waals surface area contributed by atoms with Crippen LogP contribution in [0.5, 0.6) is 0 Å². The molecule has 0 aromatic heterocycles. The number of hydrogen-bond donors (Lipinski definition) is 2. The van der Waals surface area contributed by atoms with Crippen molar-refractivity contribution in [3.63, 3.8) is 0 Å². The largest absolute Gasteiger partial charge is 0.395 e. The summed E-state index contributed by atoms with van der Waals surface area (Å²) in [7, 11) is 0. The van der Waals surface area contributed by atoms with Crippen LogP contribution in [0.1, 0.15) is 31.7 Å². The zero-order valence-electron chi connectivity index (χ0n) is 11.9. The first kappa shape index (κ1) is 15.5. The maximum absolute atomic E-state index is 13.8. The van der Waals surface area contributed by atoms with Crippen molar-refractivity contribution in [2.24, 2.45) is 0 Å². The van der Waals surface area contributed by atoms with Gasteiger partial charge in [0.05, 0.1) is 18.3 Å². The van der Waals surface area contributed by atoms with E-state index in [4.69, 9.17) is 9.84 Å². The molecule has 2 atom stereocenters. The summed E-state index contributed by atoms with van der Waals surface area (Å²) in [4.78, 5) is 12.0. The lowest BCUT2D eigenvalue weighted by molar-refractivity contribution is -0.126. The predicted molar refractivity (Wildman–Crippen MR) is 77.2 cm³/mol. The molecule has 1 aliphatic rings. The molecule has 4 nitrogen and oxygen atoms in total. The zero-order valence-corrected chi connectivity index (χ0v) is 11.9. The molecule has 0 aliphatic carbocycles. The van der Waals surface area contributed by atoms with E-state index >= 15 is 0 Å². The molecule has 0 saturated carbocycles. The van der Waals surface area contributed by atoms with Crippen molar-refractivity contribution in [2.75, 3.05) is 11.9 Å². The van der Waals surface area contributed by atoms with Gasteiger partial charge in [-0.3, -0.25) is 4.79 Å². The number of carbonyl (C=O) groups excluding carboxylic acids is 1. The van der Waals surface area contributed by atoms with E-state index < -0.39 is 11.9 Å². The van der Waals surface area contributed by atoms with Crippen molar-refractivity contribution >= 4 is 11.6 Å². The molecule has 1 aromatic rings. The number of amides is 1. The highest BCUT2D eigenvalue weighted by atomic mass is 19.1. The van der Waals surface area contributed by atoms with E-state index in [0.717, 1.165) is 6.42 Å². The second-order valence-electron chi connectivity index (χ2n) is 4.97. The first-order valence-electron chi connectivity index (χ1n) is 6.95. The van der Waals surface area contributed by atoms with Crippen molar-refractivity contribution in [1.29, 1.82) is 0 Å². The quantitative estimate of drug-likeness (QED) is 0.838. The molecule has 2 N–H and O–H groups in total. The van der Waals surface area contributed by atoms with Gasteiger partial charge in [-0.15, -0.1) is 0 Å². The van der Waals surface area contributed by atoms with Crippen LogP contribution in [-0.4, -0.2) is 29.8 Å². The number of benzene rings is 1. The predicted octanol–water partition coefficient (Wildman–Crippen LogP) is 2.07. The summed E-state index contributed by atoms with van der Waals surface area (Å²) in [5.74, 6) is 4.53. The van der Waals surface area contributed by atoms with Gasteiger partial charge in [0.1, 0.15) is 11.9 Å². The molecule has 0 bridgehead atoms. The number of rotatable bonds is 3. The van der Waals surface area contributed by atoms with E-state index in [1.165, 1.54) is 12.1 Å². The minimum absolute atomic E-state index is 0.0530. The number of nitrogens with one attached hydrogen (secondary N) is 1. The van der Waals surface area contributed by atoms with Gasteiger partial charge in [-0.2, -0.15) is 0 Å². The lowest BCUT2D eigenvalue weighted by Crippen LogP contribution is -2.27. The molecular formula is C16H18FNO3. The van der Waals surface area contributed by atoms with Gasteiger partial charge in [0.2, 0.25) is 0 Å². The third-order valence-electron chi connectivity index (χ3n) is 3.22. The molecule has 112 valence electrons. The summed E-state index contributed by atoms with van der Waals surface area (Å²) in [6, 6.07) is 4.34. The topological polar surface area (TPSA) is 58.6 Å². The molecule has 1 fully saturated rings. The number of anilines is 1. The lowest BCUT2D eigenvalue weighted by atomic mass is 10.1. The highest BCUT2D eigenvalue weighted by molar-refractivity contribution is 5.94. The number of aliphatic hydroxyl groups is 1. The van der Waals surface area contributed by atoms with Crippen molar-refractivity contribution in [2.45, 2.75) is 38.4 Å². The standard InChI is InChI=1S/C16H18FNO3/c1-11-5-8-15(21-11)16(20)18-13-7-6-12(14(17)10-13)4-2-3-9-19/h6-7,10-11,15,19H,3,5,8-9H2,1H3,(H,18,20). The fraction of sp³-hybridized carbons (Fsp3) is 0.438. The Morgan fingerprint density at radius 1 is 1.52 bits per heavy atom. The third-order valence-corrected chi connectivity index (χ3v) is 3.22. The SMILES string of the molecule is CC1CCC(C(=O)Nc2ccc(C#CCCO)c(F)c2)O1. The van der Waals surface area contributed by atoms with Crippen LogP contribution in [-0.2, 0) is 9.53 Å². The van der Waals surface area contributed by atoms with Crippen LogP contribution in [0.25, 0.3) is 0 Å². The molecule has 1 saturated heterocycles. The fourth-order valence-electron chi connectivity index (χ4n) is 2.13. The molecule has 1 amide bonds. The van der Waals surface area contributed by atoms with Crippen molar-refractivity contribution in [3.05, 3.63) is 29.6 Å². The van der Waals surface area contributed by atoms with Gasteiger partial charge in [-0.05, 0) is 38.0 Å². The molecule has 0 spiro atoms. The number of carbonyl (C=O) groups is 1. The fourth-order valence-corrected chi connectivity index (χ4v) is 2.13. The Morgan fingerprint density at radius 3 is 2.95 bits per heavy atom. The minimum atomic E-state index is -0.501. The molecule has 1 aromatic carbocycles. The normalized spacial score (nSPS) is 20.7. The Kier molecular flexibility index (Phi) is 5.32. The summed E-state index contributed by atoms with van der Waals surface area (Å²) in [6.07, 6.45) is 1.45. The highest BCUT2D eigenvalue weighted by Crippen LogP contribution is 2.21.